The van der Waals surface area contributed by atoms with Crippen LogP contribution in [0.2, 0.25) is 0 Å². The van der Waals surface area contributed by atoms with E-state index in [0.29, 0.717) is 6.61 Å². The second-order valence-corrected chi connectivity index (χ2v) is 5.56. The number of rotatable bonds is 1. The van der Waals surface area contributed by atoms with E-state index < -0.39 is 0 Å². The number of benzene rings is 2. The predicted molar refractivity (Wildman–Crippen MR) is 79.1 cm³/mol. The van der Waals surface area contributed by atoms with Crippen molar-refractivity contribution in [2.75, 3.05) is 6.61 Å². The average Bonchev–Trinajstić information content (AvgIpc) is 2.89. The summed E-state index contributed by atoms with van der Waals surface area (Å²) < 4.78 is 12.7. The minimum Gasteiger partial charge on any atom is -0.485 e. The van der Waals surface area contributed by atoms with Crippen LogP contribution in [-0.4, -0.2) is 16.6 Å². The van der Waals surface area contributed by atoms with Crippen molar-refractivity contribution in [3.8, 4) is 11.5 Å². The van der Waals surface area contributed by atoms with Crippen LogP contribution in [0.4, 0.5) is 0 Å². The first-order valence-corrected chi connectivity index (χ1v) is 7.12. The number of aromatic amines is 1. The molecule has 2 aromatic carbocycles. The smallest absolute Gasteiger partial charge is 0.190 e. The molecule has 4 nitrogen and oxygen atoms in total. The highest BCUT2D eigenvalue weighted by Gasteiger charge is 2.24. The lowest BCUT2D eigenvalue weighted by atomic mass is 10.2. The van der Waals surface area contributed by atoms with Crippen LogP contribution in [-0.2, 0) is 0 Å². The number of imidazole rings is 1. The Morgan fingerprint density at radius 2 is 2.00 bits per heavy atom. The topological polar surface area (TPSA) is 47.1 Å². The minimum atomic E-state index is -0.212. The number of hydrogen-bond acceptors (Lipinski definition) is 3. The minimum absolute atomic E-state index is 0.212. The van der Waals surface area contributed by atoms with Crippen LogP contribution in [0, 0.1) is 0 Å². The zero-order chi connectivity index (χ0) is 13.5. The molecular formula is C15H11BrN2O2. The van der Waals surface area contributed by atoms with Gasteiger partial charge < -0.3 is 14.5 Å². The molecule has 1 N–H and O–H groups in total. The van der Waals surface area contributed by atoms with Crippen molar-refractivity contribution < 1.29 is 9.47 Å². The fraction of sp³-hybridized carbons (Fsp3) is 0.133. The molecule has 0 spiro atoms. The number of fused-ring (bicyclic) bond motifs is 2. The quantitative estimate of drug-likeness (QED) is 0.737. The molecule has 4 rings (SSSR count). The zero-order valence-corrected chi connectivity index (χ0v) is 12.1. The molecule has 100 valence electrons. The van der Waals surface area contributed by atoms with E-state index in [9.17, 15) is 0 Å². The summed E-state index contributed by atoms with van der Waals surface area (Å²) in [5, 5.41) is 0. The largest absolute Gasteiger partial charge is 0.485 e. The second-order valence-electron chi connectivity index (χ2n) is 4.65. The van der Waals surface area contributed by atoms with Gasteiger partial charge in [0.2, 0.25) is 0 Å². The molecular weight excluding hydrogens is 320 g/mol. The molecule has 20 heavy (non-hydrogen) atoms. The van der Waals surface area contributed by atoms with Crippen LogP contribution in [0.15, 0.2) is 46.9 Å². The summed E-state index contributed by atoms with van der Waals surface area (Å²) in [6.07, 6.45) is -0.212. The van der Waals surface area contributed by atoms with Gasteiger partial charge in [-0.1, -0.05) is 28.1 Å². The zero-order valence-electron chi connectivity index (χ0n) is 10.5. The van der Waals surface area contributed by atoms with Crippen molar-refractivity contribution in [1.82, 2.24) is 9.97 Å². The highest BCUT2D eigenvalue weighted by Crippen LogP contribution is 2.35. The van der Waals surface area contributed by atoms with E-state index in [1.807, 2.05) is 42.5 Å². The molecule has 1 atom stereocenters. The van der Waals surface area contributed by atoms with Gasteiger partial charge >= 0.3 is 0 Å². The molecule has 0 aliphatic carbocycles. The van der Waals surface area contributed by atoms with E-state index in [1.165, 1.54) is 0 Å². The van der Waals surface area contributed by atoms with Crippen molar-refractivity contribution in [3.63, 3.8) is 0 Å². The van der Waals surface area contributed by atoms with Gasteiger partial charge in [0.1, 0.15) is 6.61 Å². The first kappa shape index (κ1) is 11.8. The van der Waals surface area contributed by atoms with Gasteiger partial charge in [-0.25, -0.2) is 4.98 Å². The number of halogens is 1. The molecule has 5 heteroatoms. The third-order valence-electron chi connectivity index (χ3n) is 3.28. The fourth-order valence-electron chi connectivity index (χ4n) is 2.31. The van der Waals surface area contributed by atoms with Gasteiger partial charge in [0, 0.05) is 4.47 Å². The Morgan fingerprint density at radius 1 is 1.15 bits per heavy atom. The molecule has 0 saturated carbocycles. The van der Waals surface area contributed by atoms with E-state index in [0.717, 1.165) is 32.8 Å². The number of para-hydroxylation sites is 2. The van der Waals surface area contributed by atoms with Crippen LogP contribution in [0.5, 0.6) is 11.5 Å². The fourth-order valence-corrected chi connectivity index (χ4v) is 2.67. The maximum Gasteiger partial charge on any atom is 0.190 e. The van der Waals surface area contributed by atoms with Gasteiger partial charge in [-0.15, -0.1) is 0 Å². The summed E-state index contributed by atoms with van der Waals surface area (Å²) in [7, 11) is 0. The van der Waals surface area contributed by atoms with Crippen molar-refractivity contribution in [1.29, 1.82) is 0 Å². The molecule has 1 unspecified atom stereocenters. The highest BCUT2D eigenvalue weighted by molar-refractivity contribution is 9.10. The monoisotopic (exact) mass is 330 g/mol. The first-order valence-electron chi connectivity index (χ1n) is 6.33. The Bertz CT molecular complexity index is 784. The third-order valence-corrected chi connectivity index (χ3v) is 3.77. The lowest BCUT2D eigenvalue weighted by Gasteiger charge is -2.24. The van der Waals surface area contributed by atoms with Gasteiger partial charge in [-0.2, -0.15) is 0 Å². The van der Waals surface area contributed by atoms with Gasteiger partial charge in [0.05, 0.1) is 11.0 Å². The molecule has 1 aliphatic heterocycles. The molecule has 1 aliphatic rings. The second kappa shape index (κ2) is 4.52. The van der Waals surface area contributed by atoms with Crippen molar-refractivity contribution >= 4 is 27.0 Å². The van der Waals surface area contributed by atoms with Crippen molar-refractivity contribution in [2.45, 2.75) is 6.10 Å². The molecule has 3 aromatic rings. The molecule has 2 heterocycles. The van der Waals surface area contributed by atoms with Gasteiger partial charge in [0.15, 0.2) is 23.4 Å². The Kier molecular flexibility index (Phi) is 2.67. The number of ether oxygens (including phenoxy) is 2. The molecule has 0 fully saturated rings. The lowest BCUT2D eigenvalue weighted by Crippen LogP contribution is -2.22. The molecule has 0 saturated heterocycles. The number of nitrogens with zero attached hydrogens (tertiary/aromatic N) is 1. The number of H-pyrrole nitrogens is 1. The van der Waals surface area contributed by atoms with Crippen LogP contribution >= 0.6 is 15.9 Å². The van der Waals surface area contributed by atoms with E-state index in [-0.39, 0.29) is 6.10 Å². The summed E-state index contributed by atoms with van der Waals surface area (Å²) in [6, 6.07) is 13.6. The van der Waals surface area contributed by atoms with E-state index in [1.54, 1.807) is 0 Å². The van der Waals surface area contributed by atoms with Crippen molar-refractivity contribution in [2.24, 2.45) is 0 Å². The first-order chi connectivity index (χ1) is 9.79. The average molecular weight is 331 g/mol. The Morgan fingerprint density at radius 3 is 2.90 bits per heavy atom. The summed E-state index contributed by atoms with van der Waals surface area (Å²) in [5.41, 5.74) is 1.91. The number of hydrogen-bond donors (Lipinski definition) is 1. The molecule has 0 bridgehead atoms. The van der Waals surface area contributed by atoms with Crippen LogP contribution in [0.3, 0.4) is 0 Å². The van der Waals surface area contributed by atoms with Gasteiger partial charge in [0.25, 0.3) is 0 Å². The lowest BCUT2D eigenvalue weighted by molar-refractivity contribution is 0.0859. The third kappa shape index (κ3) is 1.94. The standard InChI is InChI=1S/C15H11BrN2O2/c16-9-5-6-10-11(7-9)18-15(17-10)14-8-19-12-3-1-2-4-13(12)20-14/h1-7,14H,8H2,(H,17,18). The number of aromatic nitrogens is 2. The molecule has 0 radical (unpaired) electrons. The van der Waals surface area contributed by atoms with Crippen molar-refractivity contribution in [3.05, 3.63) is 52.8 Å². The SMILES string of the molecule is Brc1ccc2nc(C3COc4ccccc4O3)[nH]c2c1. The van der Waals surface area contributed by atoms with Crippen LogP contribution < -0.4 is 9.47 Å². The van der Waals surface area contributed by atoms with Crippen LogP contribution in [0.1, 0.15) is 11.9 Å². The van der Waals surface area contributed by atoms with Crippen LogP contribution in [0.25, 0.3) is 11.0 Å². The predicted octanol–water partition coefficient (Wildman–Crippen LogP) is 3.84. The van der Waals surface area contributed by atoms with E-state index in [2.05, 4.69) is 25.9 Å². The summed E-state index contributed by atoms with van der Waals surface area (Å²) in [6.45, 7) is 0.456. The number of nitrogens with one attached hydrogen (secondary N) is 1. The maximum absolute atomic E-state index is 5.95. The maximum atomic E-state index is 5.95. The Hall–Kier alpha value is -2.01. The normalized spacial score (nSPS) is 17.4. The van der Waals surface area contributed by atoms with Gasteiger partial charge in [-0.05, 0) is 30.3 Å². The van der Waals surface area contributed by atoms with E-state index >= 15 is 0 Å². The van der Waals surface area contributed by atoms with E-state index in [4.69, 9.17) is 9.47 Å². The molecule has 0 amide bonds. The summed E-state index contributed by atoms with van der Waals surface area (Å²) in [4.78, 5) is 7.86. The van der Waals surface area contributed by atoms with Gasteiger partial charge in [-0.3, -0.25) is 0 Å². The Balaban J connectivity index is 1.70. The highest BCUT2D eigenvalue weighted by atomic mass is 79.9. The summed E-state index contributed by atoms with van der Waals surface area (Å²) in [5.74, 6) is 2.32. The summed E-state index contributed by atoms with van der Waals surface area (Å²) >= 11 is 3.46. The Labute approximate surface area is 123 Å². The molecule has 1 aromatic heterocycles.